The molecular weight excluding hydrogens is 425 g/mol. The lowest BCUT2D eigenvalue weighted by Crippen LogP contribution is -2.46. The molecular formula is C24H32FN5OS. The molecule has 0 radical (unpaired) electrons. The van der Waals surface area contributed by atoms with Crippen LogP contribution in [0.4, 0.5) is 4.39 Å². The molecule has 2 atom stereocenters. The van der Waals surface area contributed by atoms with Gasteiger partial charge in [-0.3, -0.25) is 9.69 Å². The van der Waals surface area contributed by atoms with Crippen LogP contribution in [-0.2, 0) is 11.3 Å². The molecule has 3 heterocycles. The van der Waals surface area contributed by atoms with Crippen LogP contribution in [0.25, 0.3) is 0 Å². The summed E-state index contributed by atoms with van der Waals surface area (Å²) in [6.45, 7) is 8.51. The van der Waals surface area contributed by atoms with Crippen molar-refractivity contribution in [1.29, 1.82) is 0 Å². The van der Waals surface area contributed by atoms with E-state index in [1.807, 2.05) is 36.9 Å². The van der Waals surface area contributed by atoms with Crippen molar-refractivity contribution in [1.82, 2.24) is 24.7 Å². The number of amides is 1. The molecule has 2 fully saturated rings. The molecule has 0 N–H and O–H groups in total. The summed E-state index contributed by atoms with van der Waals surface area (Å²) in [5.41, 5.74) is 2.53. The molecule has 0 aliphatic carbocycles. The molecule has 2 saturated heterocycles. The first-order chi connectivity index (χ1) is 15.4. The van der Waals surface area contributed by atoms with Gasteiger partial charge in [-0.05, 0) is 52.4 Å². The Labute approximate surface area is 194 Å². The molecule has 0 bridgehead atoms. The minimum Gasteiger partial charge on any atom is -0.340 e. The second kappa shape index (κ2) is 10.3. The highest BCUT2D eigenvalue weighted by molar-refractivity contribution is 7.99. The van der Waals surface area contributed by atoms with Gasteiger partial charge in [-0.2, -0.15) is 0 Å². The minimum atomic E-state index is -0.249. The Morgan fingerprint density at radius 2 is 1.88 bits per heavy atom. The van der Waals surface area contributed by atoms with Gasteiger partial charge < -0.3 is 9.80 Å². The van der Waals surface area contributed by atoms with Crippen LogP contribution in [-0.4, -0.2) is 81.6 Å². The summed E-state index contributed by atoms with van der Waals surface area (Å²) in [4.78, 5) is 29.2. The van der Waals surface area contributed by atoms with Gasteiger partial charge in [0, 0.05) is 54.9 Å². The summed E-state index contributed by atoms with van der Waals surface area (Å²) < 4.78 is 14.4. The third kappa shape index (κ3) is 5.66. The Hall–Kier alpha value is -2.03. The molecule has 4 rings (SSSR count). The Morgan fingerprint density at radius 3 is 2.62 bits per heavy atom. The maximum Gasteiger partial charge on any atom is 0.240 e. The SMILES string of the molecule is Cc1cc(C)nc(S[C@@H]2C[C@@H](C(=O)N3CCCN(C)CC3)N(Cc3ccccc3F)C2)n1. The van der Waals surface area contributed by atoms with E-state index in [0.29, 0.717) is 18.7 Å². The fourth-order valence-electron chi connectivity index (χ4n) is 4.60. The Bertz CT molecular complexity index is 937. The summed E-state index contributed by atoms with van der Waals surface area (Å²) in [6.07, 6.45) is 1.71. The first-order valence-corrected chi connectivity index (χ1v) is 12.2. The maximum atomic E-state index is 14.4. The first-order valence-electron chi connectivity index (χ1n) is 11.3. The van der Waals surface area contributed by atoms with Crippen molar-refractivity contribution >= 4 is 17.7 Å². The van der Waals surface area contributed by atoms with E-state index >= 15 is 0 Å². The monoisotopic (exact) mass is 457 g/mol. The number of hydrogen-bond donors (Lipinski definition) is 0. The van der Waals surface area contributed by atoms with Crippen LogP contribution in [0.3, 0.4) is 0 Å². The summed E-state index contributed by atoms with van der Waals surface area (Å²) in [7, 11) is 2.10. The molecule has 1 amide bonds. The molecule has 0 saturated carbocycles. The number of aromatic nitrogens is 2. The largest absolute Gasteiger partial charge is 0.340 e. The number of carbonyl (C=O) groups excluding carboxylic acids is 1. The standard InChI is InChI=1S/C24H32FN5OS/c1-17-13-18(2)27-24(26-17)32-20-14-22(23(31)29-10-6-9-28(3)11-12-29)30(16-20)15-19-7-4-5-8-21(19)25/h4-5,7-8,13,20,22H,6,9-12,14-16H2,1-3H3/t20-,22+/m1/s1. The lowest BCUT2D eigenvalue weighted by Gasteiger charge is -2.29. The van der Waals surface area contributed by atoms with E-state index in [1.165, 1.54) is 6.07 Å². The van der Waals surface area contributed by atoms with Crippen molar-refractivity contribution in [2.24, 2.45) is 0 Å². The van der Waals surface area contributed by atoms with Gasteiger partial charge in [-0.25, -0.2) is 14.4 Å². The van der Waals surface area contributed by atoms with Crippen LogP contribution in [0.1, 0.15) is 29.8 Å². The van der Waals surface area contributed by atoms with Crippen molar-refractivity contribution in [3.05, 3.63) is 53.1 Å². The lowest BCUT2D eigenvalue weighted by molar-refractivity contribution is -0.136. The quantitative estimate of drug-likeness (QED) is 0.643. The van der Waals surface area contributed by atoms with Crippen molar-refractivity contribution in [3.63, 3.8) is 0 Å². The predicted molar refractivity (Wildman–Crippen MR) is 125 cm³/mol. The Balaban J connectivity index is 1.53. The van der Waals surface area contributed by atoms with Crippen LogP contribution >= 0.6 is 11.8 Å². The normalized spacial score (nSPS) is 22.8. The van der Waals surface area contributed by atoms with Gasteiger partial charge >= 0.3 is 0 Å². The van der Waals surface area contributed by atoms with Gasteiger partial charge in [-0.15, -0.1) is 0 Å². The third-order valence-electron chi connectivity index (χ3n) is 6.25. The number of thioether (sulfide) groups is 1. The average molecular weight is 458 g/mol. The molecule has 0 spiro atoms. The van der Waals surface area contributed by atoms with E-state index in [4.69, 9.17) is 0 Å². The Morgan fingerprint density at radius 1 is 1.12 bits per heavy atom. The molecule has 2 aromatic rings. The molecule has 6 nitrogen and oxygen atoms in total. The van der Waals surface area contributed by atoms with Crippen molar-refractivity contribution < 1.29 is 9.18 Å². The molecule has 32 heavy (non-hydrogen) atoms. The van der Waals surface area contributed by atoms with Gasteiger partial charge in [0.1, 0.15) is 5.82 Å². The predicted octanol–water partition coefficient (Wildman–Crippen LogP) is 3.13. The van der Waals surface area contributed by atoms with Gasteiger partial charge in [0.15, 0.2) is 5.16 Å². The van der Waals surface area contributed by atoms with E-state index in [0.717, 1.165) is 55.6 Å². The van der Waals surface area contributed by atoms with E-state index < -0.39 is 0 Å². The third-order valence-corrected chi connectivity index (χ3v) is 7.31. The second-order valence-electron chi connectivity index (χ2n) is 8.93. The summed E-state index contributed by atoms with van der Waals surface area (Å²) in [5, 5.41) is 0.939. The van der Waals surface area contributed by atoms with Gasteiger partial charge in [-0.1, -0.05) is 30.0 Å². The summed E-state index contributed by atoms with van der Waals surface area (Å²) in [5.74, 6) is -0.0510. The van der Waals surface area contributed by atoms with Crippen LogP contribution in [0, 0.1) is 19.7 Å². The summed E-state index contributed by atoms with van der Waals surface area (Å²) in [6, 6.07) is 8.57. The minimum absolute atomic E-state index is 0.168. The first kappa shape index (κ1) is 23.1. The van der Waals surface area contributed by atoms with Crippen LogP contribution in [0.5, 0.6) is 0 Å². The molecule has 2 aliphatic rings. The van der Waals surface area contributed by atoms with Gasteiger partial charge in [0.05, 0.1) is 6.04 Å². The highest BCUT2D eigenvalue weighted by Crippen LogP contribution is 2.33. The van der Waals surface area contributed by atoms with Gasteiger partial charge in [0.2, 0.25) is 5.91 Å². The zero-order valence-electron chi connectivity index (χ0n) is 19.1. The molecule has 8 heteroatoms. The van der Waals surface area contributed by atoms with Crippen molar-refractivity contribution in [2.45, 2.75) is 49.7 Å². The summed E-state index contributed by atoms with van der Waals surface area (Å²) >= 11 is 1.63. The number of aryl methyl sites for hydroxylation is 2. The highest BCUT2D eigenvalue weighted by Gasteiger charge is 2.40. The molecule has 1 aromatic heterocycles. The number of carbonyl (C=O) groups is 1. The fourth-order valence-corrected chi connectivity index (χ4v) is 5.83. The Kier molecular flexibility index (Phi) is 7.43. The molecule has 2 aliphatic heterocycles. The lowest BCUT2D eigenvalue weighted by atomic mass is 10.1. The second-order valence-corrected chi connectivity index (χ2v) is 10.2. The average Bonchev–Trinajstić information content (AvgIpc) is 2.99. The topological polar surface area (TPSA) is 52.6 Å². The van der Waals surface area contributed by atoms with Crippen molar-refractivity contribution in [3.8, 4) is 0 Å². The number of benzene rings is 1. The number of likely N-dealkylation sites (tertiary alicyclic amines) is 1. The number of hydrogen-bond acceptors (Lipinski definition) is 6. The van der Waals surface area contributed by atoms with E-state index in [9.17, 15) is 9.18 Å². The van der Waals surface area contributed by atoms with E-state index in [2.05, 4.69) is 26.8 Å². The van der Waals surface area contributed by atoms with E-state index in [1.54, 1.807) is 17.8 Å². The molecule has 172 valence electrons. The maximum absolute atomic E-state index is 14.4. The molecule has 0 unspecified atom stereocenters. The van der Waals surface area contributed by atoms with Gasteiger partial charge in [0.25, 0.3) is 0 Å². The van der Waals surface area contributed by atoms with E-state index in [-0.39, 0.29) is 23.0 Å². The van der Waals surface area contributed by atoms with Crippen LogP contribution < -0.4 is 0 Å². The zero-order chi connectivity index (χ0) is 22.7. The smallest absolute Gasteiger partial charge is 0.240 e. The zero-order valence-corrected chi connectivity index (χ0v) is 19.9. The number of halogens is 1. The number of rotatable bonds is 5. The fraction of sp³-hybridized carbons (Fsp3) is 0.542. The van der Waals surface area contributed by atoms with Crippen LogP contribution in [0.15, 0.2) is 35.5 Å². The number of likely N-dealkylation sites (N-methyl/N-ethyl adjacent to an activating group) is 1. The highest BCUT2D eigenvalue weighted by atomic mass is 32.2. The number of nitrogens with zero attached hydrogens (tertiary/aromatic N) is 5. The van der Waals surface area contributed by atoms with Crippen molar-refractivity contribution in [2.75, 3.05) is 39.8 Å². The van der Waals surface area contributed by atoms with Crippen LogP contribution in [0.2, 0.25) is 0 Å². The molecule has 1 aromatic carbocycles.